The molecular weight excluding hydrogens is 330 g/mol. The smallest absolute Gasteiger partial charge is 0.251 e. The zero-order valence-corrected chi connectivity index (χ0v) is 15.4. The third kappa shape index (κ3) is 2.97. The first-order chi connectivity index (χ1) is 12.2. The Kier molecular flexibility index (Phi) is 4.55. The highest BCUT2D eigenvalue weighted by atomic mass is 32.2. The molecule has 0 fully saturated rings. The van der Waals surface area contributed by atoms with Crippen LogP contribution in [-0.4, -0.2) is 22.8 Å². The van der Waals surface area contributed by atoms with Crippen molar-refractivity contribution in [1.29, 1.82) is 0 Å². The van der Waals surface area contributed by atoms with Crippen LogP contribution < -0.4 is 5.56 Å². The highest BCUT2D eigenvalue weighted by Crippen LogP contribution is 2.40. The summed E-state index contributed by atoms with van der Waals surface area (Å²) in [5.41, 5.74) is 8.15. The summed E-state index contributed by atoms with van der Waals surface area (Å²) >= 11 is 1.71. The first-order valence-corrected chi connectivity index (χ1v) is 10.5. The second-order valence-electron chi connectivity index (χ2n) is 7.05. The van der Waals surface area contributed by atoms with E-state index in [0.717, 1.165) is 53.8 Å². The molecule has 0 bridgehead atoms. The van der Waals surface area contributed by atoms with Crippen LogP contribution in [0.5, 0.6) is 0 Å². The van der Waals surface area contributed by atoms with Gasteiger partial charge in [-0.05, 0) is 59.9 Å². The molecule has 2 aliphatic rings. The van der Waals surface area contributed by atoms with Crippen molar-refractivity contribution >= 4 is 17.5 Å². The predicted octanol–water partition coefficient (Wildman–Crippen LogP) is 3.69. The largest absolute Gasteiger partial charge is 0.321 e. The molecule has 1 N–H and O–H groups in total. The van der Waals surface area contributed by atoms with E-state index in [2.05, 4.69) is 17.1 Å². The molecule has 4 heteroatoms. The molecule has 0 atom stereocenters. The number of hydrogen-bond acceptors (Lipinski definition) is 3. The fourth-order valence-corrected chi connectivity index (χ4v) is 4.70. The van der Waals surface area contributed by atoms with Gasteiger partial charge in [0.15, 0.2) is 0 Å². The van der Waals surface area contributed by atoms with Gasteiger partial charge in [0.25, 0.3) is 5.56 Å². The van der Waals surface area contributed by atoms with Gasteiger partial charge in [-0.15, -0.1) is 0 Å². The Morgan fingerprint density at radius 1 is 1.12 bits per heavy atom. The van der Waals surface area contributed by atoms with Crippen LogP contribution in [0.4, 0.5) is 0 Å². The van der Waals surface area contributed by atoms with Crippen LogP contribution in [0.15, 0.2) is 23.0 Å². The quantitative estimate of drug-likeness (QED) is 0.761. The molecule has 3 nitrogen and oxygen atoms in total. The molecule has 2 aromatic rings. The number of carbonyl (C=O) groups is 1. The van der Waals surface area contributed by atoms with Gasteiger partial charge in [-0.25, -0.2) is 0 Å². The molecule has 0 radical (unpaired) electrons. The van der Waals surface area contributed by atoms with E-state index in [-0.39, 0.29) is 5.56 Å². The van der Waals surface area contributed by atoms with Gasteiger partial charge in [0, 0.05) is 30.4 Å². The molecule has 1 heterocycles. The number of aromatic nitrogens is 1. The predicted molar refractivity (Wildman–Crippen MR) is 104 cm³/mol. The summed E-state index contributed by atoms with van der Waals surface area (Å²) in [4.78, 5) is 27.9. The van der Waals surface area contributed by atoms with E-state index in [4.69, 9.17) is 0 Å². The maximum atomic E-state index is 12.5. The van der Waals surface area contributed by atoms with Crippen LogP contribution in [0.3, 0.4) is 0 Å². The van der Waals surface area contributed by atoms with Gasteiger partial charge in [-0.2, -0.15) is 11.8 Å². The Hall–Kier alpha value is -1.81. The van der Waals surface area contributed by atoms with Gasteiger partial charge in [-0.1, -0.05) is 18.2 Å². The third-order valence-corrected chi connectivity index (χ3v) is 6.13. The molecule has 0 saturated carbocycles. The van der Waals surface area contributed by atoms with E-state index in [1.807, 2.05) is 12.3 Å². The first kappa shape index (κ1) is 16.6. The Morgan fingerprint density at radius 2 is 1.92 bits per heavy atom. The highest BCUT2D eigenvalue weighted by Gasteiger charge is 2.28. The lowest BCUT2D eigenvalue weighted by Crippen LogP contribution is -2.21. The standard InChI is InChI=1S/C21H23NO2S/c1-25-10-9-14(23)11-13-5-4-8-16-18(13)12-19-15-6-2-3-7-17(15)21(24)22-20(16)19/h4-5,8H,2-3,6-7,9-12H2,1H3,(H,22,24). The third-order valence-electron chi connectivity index (χ3n) is 5.52. The van der Waals surface area contributed by atoms with Crippen LogP contribution in [0.1, 0.15) is 47.1 Å². The number of H-pyrrole nitrogens is 1. The summed E-state index contributed by atoms with van der Waals surface area (Å²) in [6.45, 7) is 0. The van der Waals surface area contributed by atoms with Crippen molar-refractivity contribution in [3.8, 4) is 11.3 Å². The topological polar surface area (TPSA) is 49.9 Å². The summed E-state index contributed by atoms with van der Waals surface area (Å²) in [5, 5.41) is 0. The van der Waals surface area contributed by atoms with E-state index in [1.165, 1.54) is 23.1 Å². The molecule has 0 spiro atoms. The molecule has 1 aromatic carbocycles. The van der Waals surface area contributed by atoms with E-state index in [9.17, 15) is 9.59 Å². The van der Waals surface area contributed by atoms with Gasteiger partial charge < -0.3 is 4.98 Å². The first-order valence-electron chi connectivity index (χ1n) is 9.07. The van der Waals surface area contributed by atoms with Crippen molar-refractivity contribution in [3.05, 3.63) is 56.4 Å². The van der Waals surface area contributed by atoms with Crippen molar-refractivity contribution < 1.29 is 4.79 Å². The number of fused-ring (bicyclic) bond motifs is 5. The number of pyridine rings is 1. The van der Waals surface area contributed by atoms with E-state index >= 15 is 0 Å². The van der Waals surface area contributed by atoms with Crippen LogP contribution in [0, 0.1) is 0 Å². The van der Waals surface area contributed by atoms with Crippen molar-refractivity contribution in [2.75, 3.05) is 12.0 Å². The van der Waals surface area contributed by atoms with Gasteiger partial charge >= 0.3 is 0 Å². The van der Waals surface area contributed by atoms with Gasteiger partial charge in [0.05, 0.1) is 5.69 Å². The number of hydrogen-bond donors (Lipinski definition) is 1. The lowest BCUT2D eigenvalue weighted by atomic mass is 9.88. The summed E-state index contributed by atoms with van der Waals surface area (Å²) in [7, 11) is 0. The Morgan fingerprint density at radius 3 is 2.72 bits per heavy atom. The lowest BCUT2D eigenvalue weighted by Gasteiger charge is -2.18. The van der Waals surface area contributed by atoms with Crippen molar-refractivity contribution in [1.82, 2.24) is 4.98 Å². The average Bonchev–Trinajstić information content (AvgIpc) is 3.00. The highest BCUT2D eigenvalue weighted by molar-refractivity contribution is 7.98. The number of thioether (sulfide) groups is 1. The second kappa shape index (κ2) is 6.83. The molecule has 130 valence electrons. The Balaban J connectivity index is 1.73. The zero-order valence-electron chi connectivity index (χ0n) is 14.6. The maximum absolute atomic E-state index is 12.5. The summed E-state index contributed by atoms with van der Waals surface area (Å²) in [5.74, 6) is 1.18. The van der Waals surface area contributed by atoms with Gasteiger partial charge in [0.2, 0.25) is 0 Å². The molecular formula is C21H23NO2S. The number of ketones is 1. The van der Waals surface area contributed by atoms with Crippen LogP contribution in [0.25, 0.3) is 11.3 Å². The minimum absolute atomic E-state index is 0.0859. The average molecular weight is 353 g/mol. The fraction of sp³-hybridized carbons (Fsp3) is 0.429. The maximum Gasteiger partial charge on any atom is 0.251 e. The summed E-state index contributed by atoms with van der Waals surface area (Å²) < 4.78 is 0. The second-order valence-corrected chi connectivity index (χ2v) is 8.04. The van der Waals surface area contributed by atoms with Crippen molar-refractivity contribution in [2.24, 2.45) is 0 Å². The SMILES string of the molecule is CSCCC(=O)Cc1cccc2c1Cc1c-2[nH]c(=O)c2c1CCCC2. The summed E-state index contributed by atoms with van der Waals surface area (Å²) in [6.07, 6.45) is 8.20. The normalized spacial score (nSPS) is 14.8. The molecule has 0 saturated heterocycles. The number of carbonyl (C=O) groups excluding carboxylic acids is 1. The fourth-order valence-electron chi connectivity index (χ4n) is 4.27. The molecule has 2 aliphatic carbocycles. The Bertz CT molecular complexity index is 897. The van der Waals surface area contributed by atoms with Gasteiger partial charge in [-0.3, -0.25) is 9.59 Å². The zero-order chi connectivity index (χ0) is 17.4. The molecule has 0 unspecified atom stereocenters. The van der Waals surface area contributed by atoms with E-state index in [1.54, 1.807) is 11.8 Å². The van der Waals surface area contributed by atoms with Crippen molar-refractivity contribution in [3.63, 3.8) is 0 Å². The monoisotopic (exact) mass is 353 g/mol. The molecule has 0 aliphatic heterocycles. The van der Waals surface area contributed by atoms with Crippen LogP contribution in [0.2, 0.25) is 0 Å². The number of Topliss-reactive ketones (excluding diaryl/α,β-unsaturated/α-hetero) is 1. The molecule has 0 amide bonds. The number of rotatable bonds is 5. The molecule has 25 heavy (non-hydrogen) atoms. The number of aromatic amines is 1. The minimum atomic E-state index is 0.0859. The molecule has 1 aromatic heterocycles. The van der Waals surface area contributed by atoms with Crippen LogP contribution >= 0.6 is 11.8 Å². The number of nitrogens with one attached hydrogen (secondary N) is 1. The van der Waals surface area contributed by atoms with Crippen molar-refractivity contribution in [2.45, 2.75) is 44.9 Å². The van der Waals surface area contributed by atoms with Crippen LogP contribution in [-0.2, 0) is 30.5 Å². The molecule has 4 rings (SSSR count). The minimum Gasteiger partial charge on any atom is -0.321 e. The number of benzene rings is 1. The lowest BCUT2D eigenvalue weighted by molar-refractivity contribution is -0.118. The van der Waals surface area contributed by atoms with E-state index < -0.39 is 0 Å². The van der Waals surface area contributed by atoms with Gasteiger partial charge in [0.1, 0.15) is 5.78 Å². The summed E-state index contributed by atoms with van der Waals surface area (Å²) in [6, 6.07) is 6.18. The Labute approximate surface area is 152 Å². The van der Waals surface area contributed by atoms with E-state index in [0.29, 0.717) is 18.6 Å².